The first-order valence-electron chi connectivity index (χ1n) is 4.98. The monoisotopic (exact) mass is 321 g/mol. The maximum Gasteiger partial charge on any atom is 0.465 e. The van der Waals surface area contributed by atoms with Crippen LogP contribution in [0.15, 0.2) is 10.9 Å². The van der Waals surface area contributed by atoms with Crippen LogP contribution in [-0.4, -0.2) is 35.2 Å². The fraction of sp³-hybridized carbons (Fsp3) is 0.556. The number of aromatic nitrogens is 1. The van der Waals surface area contributed by atoms with Crippen molar-refractivity contribution in [2.75, 3.05) is 0 Å². The molecule has 1 saturated heterocycles. The van der Waals surface area contributed by atoms with Gasteiger partial charge in [0.05, 0.1) is 11.2 Å². The summed E-state index contributed by atoms with van der Waals surface area (Å²) in [5.74, 6) is -6.65. The van der Waals surface area contributed by atoms with E-state index in [1.807, 2.05) is 0 Å². The van der Waals surface area contributed by atoms with Crippen LogP contribution >= 0.6 is 11.3 Å². The van der Waals surface area contributed by atoms with Crippen LogP contribution in [0.3, 0.4) is 0 Å². The van der Waals surface area contributed by atoms with Gasteiger partial charge in [0, 0.05) is 11.8 Å². The third kappa shape index (κ3) is 2.35. The van der Waals surface area contributed by atoms with Crippen LogP contribution in [0.1, 0.15) is 5.69 Å². The Bertz CT molecular complexity index is 483. The molecular formula is C9H5F6NO3S. The molecule has 0 saturated carbocycles. The van der Waals surface area contributed by atoms with E-state index in [0.717, 1.165) is 11.3 Å². The SMILES string of the molecule is O=C1OC(C(F)(F)F)(C(F)(F)F)OC1Cc1cscn1. The predicted molar refractivity (Wildman–Crippen MR) is 51.6 cm³/mol. The molecule has 0 N–H and O–H groups in total. The normalized spacial score (nSPS) is 22.9. The molecule has 0 aliphatic carbocycles. The third-order valence-corrected chi connectivity index (χ3v) is 3.08. The van der Waals surface area contributed by atoms with Gasteiger partial charge in [-0.3, -0.25) is 0 Å². The van der Waals surface area contributed by atoms with Crippen molar-refractivity contribution in [3.8, 4) is 0 Å². The summed E-state index contributed by atoms with van der Waals surface area (Å²) < 4.78 is 83.0. The number of nitrogens with zero attached hydrogens (tertiary/aromatic N) is 1. The van der Waals surface area contributed by atoms with E-state index in [2.05, 4.69) is 14.5 Å². The number of thiazole rings is 1. The molecule has 0 aromatic carbocycles. The predicted octanol–water partition coefficient (Wildman–Crippen LogP) is 2.45. The van der Waals surface area contributed by atoms with Gasteiger partial charge in [0.15, 0.2) is 6.10 Å². The van der Waals surface area contributed by atoms with Crippen molar-refractivity contribution in [3.05, 3.63) is 16.6 Å². The van der Waals surface area contributed by atoms with Crippen LogP contribution in [0.2, 0.25) is 0 Å². The highest BCUT2D eigenvalue weighted by molar-refractivity contribution is 7.07. The molecule has 0 bridgehead atoms. The molecule has 4 nitrogen and oxygen atoms in total. The number of alkyl halides is 6. The van der Waals surface area contributed by atoms with Gasteiger partial charge >= 0.3 is 24.1 Å². The number of hydrogen-bond donors (Lipinski definition) is 0. The highest BCUT2D eigenvalue weighted by Crippen LogP contribution is 2.50. The zero-order chi connectivity index (χ0) is 15.2. The van der Waals surface area contributed by atoms with E-state index >= 15 is 0 Å². The van der Waals surface area contributed by atoms with Gasteiger partial charge in [-0.1, -0.05) is 0 Å². The number of esters is 1. The number of carbonyl (C=O) groups is 1. The van der Waals surface area contributed by atoms with E-state index in [1.165, 1.54) is 10.9 Å². The van der Waals surface area contributed by atoms with Crippen molar-refractivity contribution < 1.29 is 40.6 Å². The summed E-state index contributed by atoms with van der Waals surface area (Å²) in [6, 6.07) is 0. The summed E-state index contributed by atoms with van der Waals surface area (Å²) >= 11 is 1.07. The van der Waals surface area contributed by atoms with E-state index in [9.17, 15) is 31.1 Å². The molecule has 1 atom stereocenters. The number of rotatable bonds is 2. The van der Waals surface area contributed by atoms with Crippen molar-refractivity contribution in [3.63, 3.8) is 0 Å². The van der Waals surface area contributed by atoms with Crippen molar-refractivity contribution in [2.45, 2.75) is 30.7 Å². The molecule has 1 aromatic rings. The van der Waals surface area contributed by atoms with Gasteiger partial charge in [0.25, 0.3) is 0 Å². The Kier molecular flexibility index (Phi) is 3.45. The molecule has 2 heterocycles. The van der Waals surface area contributed by atoms with E-state index in [4.69, 9.17) is 0 Å². The quantitative estimate of drug-likeness (QED) is 0.620. The fourth-order valence-corrected chi connectivity index (χ4v) is 2.11. The van der Waals surface area contributed by atoms with E-state index in [0.29, 0.717) is 0 Å². The van der Waals surface area contributed by atoms with Crippen LogP contribution in [0, 0.1) is 0 Å². The van der Waals surface area contributed by atoms with Crippen LogP contribution in [0.5, 0.6) is 0 Å². The van der Waals surface area contributed by atoms with Crippen molar-refractivity contribution >= 4 is 17.3 Å². The largest absolute Gasteiger partial charge is 0.465 e. The van der Waals surface area contributed by atoms with Gasteiger partial charge < -0.3 is 9.47 Å². The molecule has 1 fully saturated rings. The topological polar surface area (TPSA) is 48.4 Å². The highest BCUT2D eigenvalue weighted by atomic mass is 32.1. The van der Waals surface area contributed by atoms with Crippen LogP contribution in [0.4, 0.5) is 26.3 Å². The summed E-state index contributed by atoms with van der Waals surface area (Å²) in [6.45, 7) is 0. The Labute approximate surface area is 111 Å². The lowest BCUT2D eigenvalue weighted by atomic mass is 10.2. The van der Waals surface area contributed by atoms with Crippen LogP contribution < -0.4 is 0 Å². The Morgan fingerprint density at radius 2 is 1.85 bits per heavy atom. The van der Waals surface area contributed by atoms with Crippen molar-refractivity contribution in [2.24, 2.45) is 0 Å². The first kappa shape index (κ1) is 15.0. The van der Waals surface area contributed by atoms with Gasteiger partial charge in [0.2, 0.25) is 0 Å². The van der Waals surface area contributed by atoms with Crippen LogP contribution in [0.25, 0.3) is 0 Å². The number of cyclic esters (lactones) is 1. The zero-order valence-corrected chi connectivity index (χ0v) is 10.1. The Hall–Kier alpha value is -1.36. The van der Waals surface area contributed by atoms with Gasteiger partial charge in [-0.05, 0) is 0 Å². The summed E-state index contributed by atoms with van der Waals surface area (Å²) in [4.78, 5) is 14.9. The van der Waals surface area contributed by atoms with Crippen molar-refractivity contribution in [1.82, 2.24) is 4.98 Å². The first-order chi connectivity index (χ1) is 9.07. The van der Waals surface area contributed by atoms with Gasteiger partial charge in [0.1, 0.15) is 0 Å². The van der Waals surface area contributed by atoms with E-state index in [1.54, 1.807) is 0 Å². The summed E-state index contributed by atoms with van der Waals surface area (Å²) in [6.07, 6.45) is -14.4. The lowest BCUT2D eigenvalue weighted by Crippen LogP contribution is -2.58. The Morgan fingerprint density at radius 1 is 1.25 bits per heavy atom. The second-order valence-corrected chi connectivity index (χ2v) is 4.54. The standard InChI is InChI=1S/C9H5F6NO3S/c10-8(11,12)7(9(13,14)15)18-5(6(17)19-7)1-4-2-20-3-16-4/h2-3,5H,1H2. The number of carbonyl (C=O) groups excluding carboxylic acids is 1. The molecule has 0 spiro atoms. The second kappa shape index (κ2) is 4.58. The van der Waals surface area contributed by atoms with Crippen molar-refractivity contribution in [1.29, 1.82) is 0 Å². The molecule has 0 amide bonds. The molecule has 0 radical (unpaired) electrons. The molecule has 2 rings (SSSR count). The second-order valence-electron chi connectivity index (χ2n) is 3.82. The molecule has 1 unspecified atom stereocenters. The van der Waals surface area contributed by atoms with Gasteiger partial charge in [-0.2, -0.15) is 26.3 Å². The number of halogens is 6. The summed E-state index contributed by atoms with van der Waals surface area (Å²) in [5.41, 5.74) is 1.45. The molecule has 1 aromatic heterocycles. The Balaban J connectivity index is 2.28. The number of hydrogen-bond acceptors (Lipinski definition) is 5. The lowest BCUT2D eigenvalue weighted by molar-refractivity contribution is -0.439. The maximum absolute atomic E-state index is 12.6. The average molecular weight is 321 g/mol. The first-order valence-corrected chi connectivity index (χ1v) is 5.92. The van der Waals surface area contributed by atoms with Crippen LogP contribution in [-0.2, 0) is 20.7 Å². The molecular weight excluding hydrogens is 316 g/mol. The molecule has 11 heteroatoms. The average Bonchev–Trinajstić information content (AvgIpc) is 2.86. The van der Waals surface area contributed by atoms with Gasteiger partial charge in [-0.25, -0.2) is 9.78 Å². The summed E-state index contributed by atoms with van der Waals surface area (Å²) in [7, 11) is 0. The third-order valence-electron chi connectivity index (χ3n) is 2.44. The minimum absolute atomic E-state index is 0.136. The number of ether oxygens (including phenoxy) is 2. The van der Waals surface area contributed by atoms with Gasteiger partial charge in [-0.15, -0.1) is 11.3 Å². The lowest BCUT2D eigenvalue weighted by Gasteiger charge is -2.30. The smallest absolute Gasteiger partial charge is 0.414 e. The fourth-order valence-electron chi connectivity index (χ4n) is 1.54. The minimum Gasteiger partial charge on any atom is -0.414 e. The highest BCUT2D eigenvalue weighted by Gasteiger charge is 2.80. The molecule has 112 valence electrons. The summed E-state index contributed by atoms with van der Waals surface area (Å²) in [5, 5.41) is 1.37. The molecule has 1 aliphatic rings. The molecule has 1 aliphatic heterocycles. The van der Waals surface area contributed by atoms with E-state index in [-0.39, 0.29) is 5.69 Å². The maximum atomic E-state index is 12.6. The molecule has 20 heavy (non-hydrogen) atoms. The van der Waals surface area contributed by atoms with E-state index < -0.39 is 36.6 Å². The Morgan fingerprint density at radius 3 is 2.25 bits per heavy atom. The minimum atomic E-state index is -5.93. The zero-order valence-electron chi connectivity index (χ0n) is 9.29.